The van der Waals surface area contributed by atoms with Gasteiger partial charge >= 0.3 is 146 Å². The molecule has 0 amide bonds. The second-order valence-corrected chi connectivity index (χ2v) is 52.2. The van der Waals surface area contributed by atoms with Gasteiger partial charge in [0.2, 0.25) is 0 Å². The fraction of sp³-hybridized carbons (Fsp3) is 1.00. The molecule has 21 heavy (non-hydrogen) atoms. The summed E-state index contributed by atoms with van der Waals surface area (Å²) in [7, 11) is -3.73. The van der Waals surface area contributed by atoms with Gasteiger partial charge in [-0.2, -0.15) is 0 Å². The van der Waals surface area contributed by atoms with Gasteiger partial charge < -0.3 is 0 Å². The molecular weight excluding hydrogens is 396 g/mol. The van der Waals surface area contributed by atoms with Crippen molar-refractivity contribution in [1.82, 2.24) is 0 Å². The number of hydrogen-bond acceptors (Lipinski definition) is 0. The molecule has 5 heteroatoms. The van der Waals surface area contributed by atoms with Crippen molar-refractivity contribution in [3.63, 3.8) is 0 Å². The number of rotatable bonds is 8. The van der Waals surface area contributed by atoms with Crippen molar-refractivity contribution in [3.8, 4) is 0 Å². The van der Waals surface area contributed by atoms with Gasteiger partial charge in [0, 0.05) is 0 Å². The molecular formula is C16H44Si4Zr. The van der Waals surface area contributed by atoms with E-state index in [4.69, 9.17) is 0 Å². The van der Waals surface area contributed by atoms with Gasteiger partial charge in [0.15, 0.2) is 0 Å². The van der Waals surface area contributed by atoms with Crippen LogP contribution in [0.2, 0.25) is 93.6 Å². The van der Waals surface area contributed by atoms with E-state index in [1.54, 1.807) is 15.0 Å². The van der Waals surface area contributed by atoms with Crippen LogP contribution < -0.4 is 0 Å². The summed E-state index contributed by atoms with van der Waals surface area (Å²) in [4.78, 5) is 0. The van der Waals surface area contributed by atoms with Crippen molar-refractivity contribution in [2.45, 2.75) is 93.6 Å². The molecule has 0 aliphatic heterocycles. The molecule has 0 aliphatic rings. The van der Waals surface area contributed by atoms with Gasteiger partial charge in [-0.05, 0) is 0 Å². The van der Waals surface area contributed by atoms with Crippen molar-refractivity contribution < 1.29 is 20.3 Å². The van der Waals surface area contributed by atoms with Gasteiger partial charge in [-0.15, -0.1) is 0 Å². The maximum atomic E-state index is 2.65. The SMILES string of the molecule is C[Si](C)(C)[CH2][Zr]([CH2][Si](C)(C)C)([CH2][Si](C)(C)C)[CH2][Si](C)(C)C. The summed E-state index contributed by atoms with van der Waals surface area (Å²) < 4.78 is 7.11. The van der Waals surface area contributed by atoms with Crippen LogP contribution in [0.3, 0.4) is 0 Å². The maximum absolute atomic E-state index is 2.65. The van der Waals surface area contributed by atoms with Crippen LogP contribution in [0, 0.1) is 0 Å². The van der Waals surface area contributed by atoms with Crippen molar-refractivity contribution in [3.05, 3.63) is 0 Å². The Morgan fingerprint density at radius 3 is 0.619 bits per heavy atom. The minimum atomic E-state index is -2.00. The van der Waals surface area contributed by atoms with E-state index >= 15 is 0 Å². The zero-order valence-corrected chi connectivity index (χ0v) is 23.8. The first-order valence-corrected chi connectivity index (χ1v) is 30.6. The van der Waals surface area contributed by atoms with E-state index in [2.05, 4.69) is 78.6 Å². The van der Waals surface area contributed by atoms with Crippen LogP contribution in [0.25, 0.3) is 0 Å². The third-order valence-electron chi connectivity index (χ3n) is 3.62. The summed E-state index contributed by atoms with van der Waals surface area (Å²) in [6.45, 7) is 31.8. The van der Waals surface area contributed by atoms with Gasteiger partial charge in [-0.1, -0.05) is 0 Å². The van der Waals surface area contributed by atoms with Crippen molar-refractivity contribution in [2.24, 2.45) is 0 Å². The molecule has 0 spiro atoms. The minimum absolute atomic E-state index is 0.932. The topological polar surface area (TPSA) is 0 Å². The predicted octanol–water partition coefficient (Wildman–Crippen LogP) is 7.32. The Kier molecular flexibility index (Phi) is 7.94. The van der Waals surface area contributed by atoms with Crippen LogP contribution in [-0.4, -0.2) is 32.3 Å². The van der Waals surface area contributed by atoms with E-state index in [-0.39, 0.29) is 0 Å². The van der Waals surface area contributed by atoms with Crippen LogP contribution in [0.4, 0.5) is 0 Å². The van der Waals surface area contributed by atoms with Crippen LogP contribution in [0.5, 0.6) is 0 Å². The summed E-state index contributed by atoms with van der Waals surface area (Å²) in [5.74, 6) is 0. The molecule has 0 aromatic rings. The third-order valence-corrected chi connectivity index (χ3v) is 64.3. The monoisotopic (exact) mass is 438 g/mol. The van der Waals surface area contributed by atoms with E-state index in [0.29, 0.717) is 0 Å². The van der Waals surface area contributed by atoms with E-state index < -0.39 is 52.6 Å². The summed E-state index contributed by atoms with van der Waals surface area (Å²) in [6.07, 6.45) is 0. The molecule has 0 fully saturated rings. The Bertz CT molecular complexity index is 257. The normalized spacial score (nSPS) is 15.4. The summed E-state index contributed by atoms with van der Waals surface area (Å²) in [6, 6.07) is 0. The molecule has 0 nitrogen and oxygen atoms in total. The third kappa shape index (κ3) is 12.8. The van der Waals surface area contributed by atoms with E-state index in [9.17, 15) is 0 Å². The number of hydrogen-bond donors (Lipinski definition) is 0. The zero-order chi connectivity index (χ0) is 17.3. The molecule has 0 radical (unpaired) electrons. The van der Waals surface area contributed by atoms with Crippen molar-refractivity contribution >= 4 is 32.3 Å². The Morgan fingerprint density at radius 1 is 0.381 bits per heavy atom. The molecule has 0 saturated carbocycles. The van der Waals surface area contributed by atoms with Gasteiger partial charge in [0.25, 0.3) is 0 Å². The standard InChI is InChI=1S/4C4H11Si.Zr/c4*1-5(2,3)4;/h4*1H2,2-4H3;. The first-order chi connectivity index (χ1) is 8.83. The quantitative estimate of drug-likeness (QED) is 0.347. The first-order valence-electron chi connectivity index (χ1n) is 8.83. The molecule has 0 unspecified atom stereocenters. The Hall–Kier alpha value is 1.75. The fourth-order valence-corrected chi connectivity index (χ4v) is 99.8. The second-order valence-electron chi connectivity index (χ2n) is 12.4. The molecule has 0 bridgehead atoms. The molecule has 0 aromatic heterocycles. The predicted molar refractivity (Wildman–Crippen MR) is 113 cm³/mol. The van der Waals surface area contributed by atoms with Crippen molar-refractivity contribution in [2.75, 3.05) is 0 Å². The van der Waals surface area contributed by atoms with E-state index in [1.165, 1.54) is 0 Å². The Labute approximate surface area is 145 Å². The first kappa shape index (κ1) is 22.8. The van der Waals surface area contributed by atoms with Gasteiger partial charge in [-0.25, -0.2) is 0 Å². The Balaban J connectivity index is 5.70. The van der Waals surface area contributed by atoms with Crippen molar-refractivity contribution in [1.29, 1.82) is 0 Å². The summed E-state index contributed by atoms with van der Waals surface area (Å²) >= 11 is -2.00. The van der Waals surface area contributed by atoms with Crippen LogP contribution >= 0.6 is 0 Å². The van der Waals surface area contributed by atoms with Gasteiger partial charge in [0.1, 0.15) is 0 Å². The average molecular weight is 440 g/mol. The zero-order valence-electron chi connectivity index (χ0n) is 17.3. The van der Waals surface area contributed by atoms with Gasteiger partial charge in [-0.3, -0.25) is 0 Å². The second kappa shape index (κ2) is 7.33. The molecule has 0 aromatic carbocycles. The van der Waals surface area contributed by atoms with Crippen LogP contribution in [0.15, 0.2) is 0 Å². The summed E-state index contributed by atoms with van der Waals surface area (Å²) in [5, 5.41) is 0. The summed E-state index contributed by atoms with van der Waals surface area (Å²) in [5.41, 5.74) is 0. The van der Waals surface area contributed by atoms with Gasteiger partial charge in [0.05, 0.1) is 0 Å². The van der Waals surface area contributed by atoms with E-state index in [0.717, 1.165) is 0 Å². The van der Waals surface area contributed by atoms with Crippen LogP contribution in [0.1, 0.15) is 0 Å². The fourth-order valence-electron chi connectivity index (χ4n) is 4.87. The molecule has 0 aliphatic carbocycles. The molecule has 128 valence electrons. The molecule has 0 heterocycles. The molecule has 0 saturated heterocycles. The Morgan fingerprint density at radius 2 is 0.524 bits per heavy atom. The molecule has 0 atom stereocenters. The average Bonchev–Trinajstić information content (AvgIpc) is 1.83. The molecule has 0 N–H and O–H groups in total. The van der Waals surface area contributed by atoms with E-state index in [1.807, 2.05) is 0 Å². The molecule has 0 rings (SSSR count). The van der Waals surface area contributed by atoms with Crippen LogP contribution in [-0.2, 0) is 20.3 Å².